The second-order valence-electron chi connectivity index (χ2n) is 11.2. The molecule has 0 aromatic heterocycles. The molecule has 2 fully saturated rings. The van der Waals surface area contributed by atoms with Gasteiger partial charge in [-0.05, 0) is 36.1 Å². The van der Waals surface area contributed by atoms with Gasteiger partial charge in [0.15, 0.2) is 5.79 Å². The third-order valence-electron chi connectivity index (χ3n) is 8.03. The van der Waals surface area contributed by atoms with E-state index in [0.717, 1.165) is 0 Å². The van der Waals surface area contributed by atoms with Gasteiger partial charge in [0, 0.05) is 0 Å². The molecular formula is C36H40ClO4Ti+. The summed E-state index contributed by atoms with van der Waals surface area (Å²) in [7, 11) is 4.64. The van der Waals surface area contributed by atoms with Crippen molar-refractivity contribution < 1.29 is 39.1 Å². The molecule has 2 atom stereocenters. The van der Waals surface area contributed by atoms with Crippen molar-refractivity contribution in [2.75, 3.05) is 0 Å². The molecule has 1 aliphatic carbocycles. The van der Waals surface area contributed by atoms with Crippen LogP contribution in [-0.2, 0) is 40.1 Å². The first kappa shape index (κ1) is 32.6. The monoisotopic (exact) mass is 619 g/mol. The Morgan fingerprint density at radius 2 is 0.738 bits per heavy atom. The Labute approximate surface area is 266 Å². The van der Waals surface area contributed by atoms with Gasteiger partial charge in [0.25, 0.3) is 0 Å². The molecule has 0 radical (unpaired) electrons. The van der Waals surface area contributed by atoms with E-state index in [-0.39, 0.29) is 0 Å². The average Bonchev–Trinajstić information content (AvgIpc) is 3.75. The van der Waals surface area contributed by atoms with Gasteiger partial charge in [0.2, 0.25) is 0 Å². The maximum atomic E-state index is 12.6. The van der Waals surface area contributed by atoms with E-state index in [1.54, 1.807) is 0 Å². The second kappa shape index (κ2) is 14.9. The molecule has 6 rings (SSSR count). The fourth-order valence-corrected chi connectivity index (χ4v) is 6.01. The Balaban J connectivity index is 0.000000516. The van der Waals surface area contributed by atoms with Crippen LogP contribution in [-0.4, -0.2) is 28.2 Å². The SMILES string of the molecule is C1CCCC1.CC1(C)O[C@H](C(O)(c2ccccc2)c2ccccc2)[C@@H](C(O)(c2ccccc2)c2ccccc2)O1.[Cl][Ti+]. The fourth-order valence-electron chi connectivity index (χ4n) is 6.01. The van der Waals surface area contributed by atoms with Crippen LogP contribution in [0.5, 0.6) is 0 Å². The maximum absolute atomic E-state index is 12.6. The minimum atomic E-state index is -1.60. The summed E-state index contributed by atoms with van der Waals surface area (Å²) in [5, 5.41) is 25.2. The molecule has 1 saturated heterocycles. The first-order valence-corrected chi connectivity index (χ1v) is 16.7. The van der Waals surface area contributed by atoms with Gasteiger partial charge in [-0.15, -0.1) is 0 Å². The summed E-state index contributed by atoms with van der Waals surface area (Å²) in [6.07, 6.45) is 5.63. The van der Waals surface area contributed by atoms with E-state index >= 15 is 0 Å². The molecule has 0 unspecified atom stereocenters. The third-order valence-corrected chi connectivity index (χ3v) is 8.03. The number of halogens is 1. The summed E-state index contributed by atoms with van der Waals surface area (Å²) < 4.78 is 13.0. The zero-order chi connectivity index (χ0) is 30.1. The Morgan fingerprint density at radius 1 is 0.524 bits per heavy atom. The molecule has 2 aliphatic rings. The molecule has 0 bridgehead atoms. The van der Waals surface area contributed by atoms with E-state index in [1.807, 2.05) is 135 Å². The normalized spacial score (nSPS) is 19.6. The van der Waals surface area contributed by atoms with Gasteiger partial charge in [-0.2, -0.15) is 0 Å². The summed E-state index contributed by atoms with van der Waals surface area (Å²) in [6.45, 7) is 3.62. The van der Waals surface area contributed by atoms with E-state index in [1.165, 1.54) is 51.5 Å². The molecule has 4 aromatic rings. The molecule has 42 heavy (non-hydrogen) atoms. The molecule has 1 heterocycles. The van der Waals surface area contributed by atoms with Crippen LogP contribution >= 0.6 is 9.30 Å². The van der Waals surface area contributed by atoms with E-state index in [9.17, 15) is 10.2 Å². The number of hydrogen-bond acceptors (Lipinski definition) is 4. The zero-order valence-electron chi connectivity index (χ0n) is 24.3. The van der Waals surface area contributed by atoms with Crippen LogP contribution in [0.25, 0.3) is 0 Å². The summed E-state index contributed by atoms with van der Waals surface area (Å²) in [4.78, 5) is 0. The Morgan fingerprint density at radius 3 is 0.952 bits per heavy atom. The quantitative estimate of drug-likeness (QED) is 0.215. The van der Waals surface area contributed by atoms with Gasteiger partial charge in [-0.1, -0.05) is 153 Å². The molecular weight excluding hydrogens is 580 g/mol. The minimum absolute atomic E-state index is 0.658. The third kappa shape index (κ3) is 7.09. The zero-order valence-corrected chi connectivity index (χ0v) is 26.6. The van der Waals surface area contributed by atoms with Crippen LogP contribution in [0.1, 0.15) is 68.2 Å². The van der Waals surface area contributed by atoms with E-state index in [0.29, 0.717) is 22.3 Å². The van der Waals surface area contributed by atoms with Crippen LogP contribution in [0.3, 0.4) is 0 Å². The van der Waals surface area contributed by atoms with Crippen LogP contribution in [0.15, 0.2) is 121 Å². The molecule has 4 nitrogen and oxygen atoms in total. The molecule has 1 aliphatic heterocycles. The van der Waals surface area contributed by atoms with Crippen molar-refractivity contribution >= 4 is 9.30 Å². The van der Waals surface area contributed by atoms with Crippen molar-refractivity contribution in [3.05, 3.63) is 144 Å². The summed E-state index contributed by atoms with van der Waals surface area (Å²) >= 11 is 1.47. The Kier molecular flexibility index (Phi) is 11.6. The predicted octanol–water partition coefficient (Wildman–Crippen LogP) is 8.02. The van der Waals surface area contributed by atoms with Gasteiger partial charge < -0.3 is 19.7 Å². The average molecular weight is 620 g/mol. The number of rotatable bonds is 6. The number of aliphatic hydroxyl groups is 2. The number of benzene rings is 4. The summed E-state index contributed by atoms with van der Waals surface area (Å²) in [6, 6.07) is 37.8. The van der Waals surface area contributed by atoms with Gasteiger partial charge in [0.1, 0.15) is 23.4 Å². The first-order chi connectivity index (χ1) is 20.4. The summed E-state index contributed by atoms with van der Waals surface area (Å²) in [5.74, 6) is -1.05. The topological polar surface area (TPSA) is 58.9 Å². The van der Waals surface area contributed by atoms with E-state index in [4.69, 9.17) is 9.47 Å². The van der Waals surface area contributed by atoms with Crippen molar-refractivity contribution in [2.45, 2.75) is 75.1 Å². The molecule has 0 amide bonds. The molecule has 218 valence electrons. The van der Waals surface area contributed by atoms with Crippen molar-refractivity contribution in [2.24, 2.45) is 0 Å². The van der Waals surface area contributed by atoms with E-state index < -0.39 is 29.2 Å². The van der Waals surface area contributed by atoms with Crippen molar-refractivity contribution in [1.29, 1.82) is 0 Å². The summed E-state index contributed by atoms with van der Waals surface area (Å²) in [5.41, 5.74) is -0.564. The van der Waals surface area contributed by atoms with Gasteiger partial charge >= 0.3 is 28.7 Å². The van der Waals surface area contributed by atoms with Gasteiger partial charge in [-0.25, -0.2) is 0 Å². The Hall–Kier alpha value is -2.28. The van der Waals surface area contributed by atoms with Gasteiger partial charge in [0.05, 0.1) is 0 Å². The molecule has 6 heteroatoms. The Bertz CT molecular complexity index is 1150. The second-order valence-corrected chi connectivity index (χ2v) is 11.2. The van der Waals surface area contributed by atoms with Crippen LogP contribution in [0, 0.1) is 0 Å². The molecule has 2 N–H and O–H groups in total. The molecule has 0 spiro atoms. The van der Waals surface area contributed by atoms with E-state index in [2.05, 4.69) is 9.30 Å². The fraction of sp³-hybridized carbons (Fsp3) is 0.333. The van der Waals surface area contributed by atoms with Gasteiger partial charge in [-0.3, -0.25) is 0 Å². The van der Waals surface area contributed by atoms with Crippen molar-refractivity contribution in [3.63, 3.8) is 0 Å². The number of ether oxygens (including phenoxy) is 2. The van der Waals surface area contributed by atoms with Crippen LogP contribution < -0.4 is 0 Å². The number of hydrogen-bond donors (Lipinski definition) is 2. The molecule has 1 saturated carbocycles. The predicted molar refractivity (Wildman–Crippen MR) is 165 cm³/mol. The van der Waals surface area contributed by atoms with Crippen LogP contribution in [0.4, 0.5) is 0 Å². The first-order valence-electron chi connectivity index (χ1n) is 14.6. The van der Waals surface area contributed by atoms with Crippen molar-refractivity contribution in [3.8, 4) is 0 Å². The molecule has 4 aromatic carbocycles. The van der Waals surface area contributed by atoms with Crippen LogP contribution in [0.2, 0.25) is 0 Å². The standard InChI is InChI=1S/C31H30O4.C5H10.ClH.Ti/c1-29(2)34-27(30(32,23-15-7-3-8-16-23)24-17-9-4-10-18-24)28(35-29)31(33,25-19-11-5-12-20-25)26-21-13-6-14-22-26;1-2-4-5-3-1;;/h3-22,27-28,32-33H,1-2H3;1-5H2;1H;/q;;;+2/p-1/t27-,28-;;;/m0.../s1. The van der Waals surface area contributed by atoms with Crippen molar-refractivity contribution in [1.82, 2.24) is 0 Å².